The van der Waals surface area contributed by atoms with E-state index in [-0.39, 0.29) is 15.6 Å². The van der Waals surface area contributed by atoms with Gasteiger partial charge in [0.1, 0.15) is 0 Å². The van der Waals surface area contributed by atoms with Crippen molar-refractivity contribution in [2.75, 3.05) is 0 Å². The Morgan fingerprint density at radius 3 is 2.46 bits per heavy atom. The second-order valence-corrected chi connectivity index (χ2v) is 4.24. The largest absolute Gasteiger partial charge is 0.237 e. The highest BCUT2D eigenvalue weighted by Crippen LogP contribution is 2.26. The summed E-state index contributed by atoms with van der Waals surface area (Å²) >= 11 is 5.60. The summed E-state index contributed by atoms with van der Waals surface area (Å²) in [5.74, 6) is 0. The number of hydrogen-bond acceptors (Lipinski definition) is 2. The van der Waals surface area contributed by atoms with E-state index in [0.29, 0.717) is 0 Å². The molecular formula is C7H5ClN2O2S. The molecule has 0 amide bonds. The van der Waals surface area contributed by atoms with Gasteiger partial charge >= 0.3 is 0 Å². The molecule has 0 unspecified atom stereocenters. The van der Waals surface area contributed by atoms with E-state index in [1.54, 1.807) is 0 Å². The minimum absolute atomic E-state index is 0.0847. The molecule has 0 bridgehead atoms. The Balaban J connectivity index is 3.36. The second kappa shape index (κ2) is 3.34. The number of hydrogen-bond donors (Lipinski definition) is 1. The normalized spacial score (nSPS) is 10.8. The maximum Gasteiger partial charge on any atom is 0.237 e. The molecule has 0 saturated heterocycles. The molecule has 0 aliphatic rings. The molecule has 0 fully saturated rings. The van der Waals surface area contributed by atoms with Crippen LogP contribution in [0.1, 0.15) is 0 Å². The second-order valence-electron chi connectivity index (χ2n) is 2.27. The molecule has 0 aliphatic heterocycles. The average molecular weight is 217 g/mol. The first-order valence-electron chi connectivity index (χ1n) is 3.15. The predicted molar refractivity (Wildman–Crippen MR) is 49.1 cm³/mol. The maximum absolute atomic E-state index is 10.8. The van der Waals surface area contributed by atoms with E-state index in [4.69, 9.17) is 23.3 Å². The third-order valence-corrected chi connectivity index (χ3v) is 2.58. The van der Waals surface area contributed by atoms with E-state index < -0.39 is 10.0 Å². The van der Waals surface area contributed by atoms with Crippen molar-refractivity contribution in [1.29, 1.82) is 0 Å². The summed E-state index contributed by atoms with van der Waals surface area (Å²) in [4.78, 5) is 2.98. The molecule has 6 heteroatoms. The molecule has 0 heterocycles. The van der Waals surface area contributed by atoms with Crippen LogP contribution in [0.5, 0.6) is 0 Å². The lowest BCUT2D eigenvalue weighted by molar-refractivity contribution is 0.598. The monoisotopic (exact) mass is 216 g/mol. The van der Waals surface area contributed by atoms with Crippen molar-refractivity contribution >= 4 is 27.3 Å². The SMILES string of the molecule is [C-]#[N+]c1ccc(S(N)(=O)=O)cc1Cl. The molecule has 1 aromatic carbocycles. The number of benzene rings is 1. The predicted octanol–water partition coefficient (Wildman–Crippen LogP) is 1.54. The summed E-state index contributed by atoms with van der Waals surface area (Å²) in [6.45, 7) is 6.67. The molecule has 2 N–H and O–H groups in total. The van der Waals surface area contributed by atoms with Gasteiger partial charge in [-0.3, -0.25) is 0 Å². The first kappa shape index (κ1) is 9.99. The summed E-state index contributed by atoms with van der Waals surface area (Å²) in [5, 5.41) is 4.94. The van der Waals surface area contributed by atoms with Crippen LogP contribution in [0.15, 0.2) is 23.1 Å². The van der Waals surface area contributed by atoms with Crippen molar-refractivity contribution in [3.05, 3.63) is 34.6 Å². The molecule has 0 atom stereocenters. The first-order valence-corrected chi connectivity index (χ1v) is 5.07. The van der Waals surface area contributed by atoms with Crippen LogP contribution >= 0.6 is 11.6 Å². The molecule has 1 aromatic rings. The highest BCUT2D eigenvalue weighted by molar-refractivity contribution is 7.89. The Morgan fingerprint density at radius 1 is 1.46 bits per heavy atom. The van der Waals surface area contributed by atoms with Crippen LogP contribution in [0.3, 0.4) is 0 Å². The lowest BCUT2D eigenvalue weighted by Gasteiger charge is -1.99. The van der Waals surface area contributed by atoms with E-state index in [9.17, 15) is 8.42 Å². The fourth-order valence-corrected chi connectivity index (χ4v) is 1.58. The third-order valence-electron chi connectivity index (χ3n) is 1.37. The van der Waals surface area contributed by atoms with Crippen molar-refractivity contribution < 1.29 is 8.42 Å². The summed E-state index contributed by atoms with van der Waals surface area (Å²) in [7, 11) is -3.74. The van der Waals surface area contributed by atoms with Crippen LogP contribution in [0.25, 0.3) is 4.85 Å². The van der Waals surface area contributed by atoms with Gasteiger partial charge in [-0.25, -0.2) is 18.4 Å². The highest BCUT2D eigenvalue weighted by Gasteiger charge is 2.09. The van der Waals surface area contributed by atoms with Gasteiger partial charge in [0.25, 0.3) is 0 Å². The highest BCUT2D eigenvalue weighted by atomic mass is 35.5. The van der Waals surface area contributed by atoms with E-state index in [0.717, 1.165) is 6.07 Å². The van der Waals surface area contributed by atoms with Crippen molar-refractivity contribution in [2.24, 2.45) is 5.14 Å². The fourth-order valence-electron chi connectivity index (χ4n) is 0.755. The van der Waals surface area contributed by atoms with E-state index in [1.807, 2.05) is 0 Å². The van der Waals surface area contributed by atoms with Gasteiger partial charge in [0.15, 0.2) is 0 Å². The number of nitrogens with two attached hydrogens (primary N) is 1. The molecule has 1 rings (SSSR count). The van der Waals surface area contributed by atoms with Crippen molar-refractivity contribution in [1.82, 2.24) is 0 Å². The van der Waals surface area contributed by atoms with Gasteiger partial charge in [-0.1, -0.05) is 23.7 Å². The third kappa shape index (κ3) is 2.18. The summed E-state index contributed by atoms with van der Waals surface area (Å²) < 4.78 is 21.7. The molecule has 13 heavy (non-hydrogen) atoms. The molecular weight excluding hydrogens is 212 g/mol. The molecule has 0 aromatic heterocycles. The number of nitrogens with zero attached hydrogens (tertiary/aromatic N) is 1. The van der Waals surface area contributed by atoms with E-state index in [2.05, 4.69) is 4.85 Å². The lowest BCUT2D eigenvalue weighted by Crippen LogP contribution is -2.11. The van der Waals surface area contributed by atoms with Gasteiger partial charge < -0.3 is 0 Å². The van der Waals surface area contributed by atoms with Crippen LogP contribution < -0.4 is 5.14 Å². The van der Waals surface area contributed by atoms with Gasteiger partial charge in [0.2, 0.25) is 15.7 Å². The van der Waals surface area contributed by atoms with Gasteiger partial charge in [-0.05, 0) is 6.07 Å². The Morgan fingerprint density at radius 2 is 2.08 bits per heavy atom. The summed E-state index contributed by atoms with van der Waals surface area (Å²) in [6, 6.07) is 3.72. The topological polar surface area (TPSA) is 64.5 Å². The lowest BCUT2D eigenvalue weighted by atomic mass is 10.3. The van der Waals surface area contributed by atoms with Crippen LogP contribution in [-0.2, 0) is 10.0 Å². The molecule has 0 saturated carbocycles. The van der Waals surface area contributed by atoms with Crippen LogP contribution in [0.2, 0.25) is 5.02 Å². The number of rotatable bonds is 1. The van der Waals surface area contributed by atoms with Crippen LogP contribution in [0, 0.1) is 6.57 Å². The quantitative estimate of drug-likeness (QED) is 0.724. The van der Waals surface area contributed by atoms with Crippen molar-refractivity contribution in [3.8, 4) is 0 Å². The van der Waals surface area contributed by atoms with Gasteiger partial charge in [0.05, 0.1) is 11.5 Å². The smallest absolute Gasteiger partial charge is 0.237 e. The Hall–Kier alpha value is -1.09. The van der Waals surface area contributed by atoms with E-state index >= 15 is 0 Å². The van der Waals surface area contributed by atoms with Gasteiger partial charge in [-0.15, -0.1) is 0 Å². The number of sulfonamides is 1. The Labute approximate surface area is 80.8 Å². The zero-order valence-electron chi connectivity index (χ0n) is 6.36. The average Bonchev–Trinajstić information content (AvgIpc) is 2.02. The van der Waals surface area contributed by atoms with Crippen molar-refractivity contribution in [3.63, 3.8) is 0 Å². The Bertz CT molecular complexity index is 476. The molecule has 4 nitrogen and oxygen atoms in total. The molecule has 0 radical (unpaired) electrons. The van der Waals surface area contributed by atoms with Gasteiger partial charge in [0, 0.05) is 5.02 Å². The first-order chi connectivity index (χ1) is 5.95. The summed E-state index contributed by atoms with van der Waals surface area (Å²) in [6.07, 6.45) is 0. The Kier molecular flexibility index (Phi) is 2.57. The van der Waals surface area contributed by atoms with Crippen LogP contribution in [0.4, 0.5) is 5.69 Å². The summed E-state index contributed by atoms with van der Waals surface area (Å²) in [5.41, 5.74) is 0.203. The molecule has 68 valence electrons. The number of halogens is 1. The minimum atomic E-state index is -3.74. The van der Waals surface area contributed by atoms with Crippen LogP contribution in [-0.4, -0.2) is 8.42 Å². The van der Waals surface area contributed by atoms with Crippen molar-refractivity contribution in [2.45, 2.75) is 4.90 Å². The zero-order valence-corrected chi connectivity index (χ0v) is 7.93. The fraction of sp³-hybridized carbons (Fsp3) is 0. The van der Waals surface area contributed by atoms with E-state index in [1.165, 1.54) is 12.1 Å². The zero-order chi connectivity index (χ0) is 10.1. The molecule has 0 aliphatic carbocycles. The number of primary sulfonamides is 1. The molecule has 0 spiro atoms. The minimum Gasteiger partial charge on any atom is -0.237 e. The standard InChI is InChI=1S/C7H5ClN2O2S/c1-10-7-3-2-5(4-6(7)8)13(9,11)12/h2-4H,(H2,9,11,12). The van der Waals surface area contributed by atoms with Gasteiger partial charge in [-0.2, -0.15) is 0 Å². The maximum atomic E-state index is 10.8.